The average molecular weight is 127 g/mol. The van der Waals surface area contributed by atoms with Crippen molar-refractivity contribution in [1.29, 1.82) is 0 Å². The van der Waals surface area contributed by atoms with Gasteiger partial charge in [0.1, 0.15) is 0 Å². The fraction of sp³-hybridized carbons (Fsp3) is 0.750. The van der Waals surface area contributed by atoms with E-state index in [0.29, 0.717) is 0 Å². The number of allylic oxidation sites excluding steroid dienone is 1. The second kappa shape index (κ2) is 5.83. The minimum Gasteiger partial charge on any atom is -0.327 e. The number of rotatable bonds is 4. The zero-order valence-electron chi connectivity index (χ0n) is 6.48. The van der Waals surface area contributed by atoms with E-state index in [9.17, 15) is 0 Å². The van der Waals surface area contributed by atoms with E-state index in [0.717, 1.165) is 13.0 Å². The highest BCUT2D eigenvalue weighted by Crippen LogP contribution is 2.02. The van der Waals surface area contributed by atoms with Crippen molar-refractivity contribution in [2.75, 3.05) is 6.54 Å². The highest BCUT2D eigenvalue weighted by Gasteiger charge is 1.88. The van der Waals surface area contributed by atoms with Crippen LogP contribution in [0.3, 0.4) is 0 Å². The quantitative estimate of drug-likeness (QED) is 0.575. The summed E-state index contributed by atoms with van der Waals surface area (Å²) >= 11 is 0. The number of hydrogen-bond acceptors (Lipinski definition) is 1. The first-order valence-electron chi connectivity index (χ1n) is 3.73. The molecule has 0 aliphatic carbocycles. The van der Waals surface area contributed by atoms with Gasteiger partial charge in [0.15, 0.2) is 0 Å². The Bertz CT molecular complexity index is 84.6. The second-order valence-electron chi connectivity index (χ2n) is 2.22. The van der Waals surface area contributed by atoms with Gasteiger partial charge in [-0.15, -0.1) is 0 Å². The summed E-state index contributed by atoms with van der Waals surface area (Å²) in [7, 11) is 0. The first-order valence-corrected chi connectivity index (χ1v) is 3.73. The van der Waals surface area contributed by atoms with Gasteiger partial charge in [-0.05, 0) is 12.8 Å². The van der Waals surface area contributed by atoms with Gasteiger partial charge in [-0.25, -0.2) is 0 Å². The molecule has 9 heavy (non-hydrogen) atoms. The molecule has 0 heterocycles. The lowest BCUT2D eigenvalue weighted by Gasteiger charge is -1.99. The molecule has 0 aromatic carbocycles. The summed E-state index contributed by atoms with van der Waals surface area (Å²) in [6.07, 6.45) is 5.73. The lowest BCUT2D eigenvalue weighted by Crippen LogP contribution is -2.02. The Kier molecular flexibility index (Phi) is 5.64. The molecule has 0 radical (unpaired) electrons. The van der Waals surface area contributed by atoms with Crippen LogP contribution in [0.4, 0.5) is 0 Å². The molecule has 0 saturated heterocycles. The molecule has 0 atom stereocenters. The summed E-state index contributed by atoms with van der Waals surface area (Å²) in [5.41, 5.74) is 6.88. The summed E-state index contributed by atoms with van der Waals surface area (Å²) in [6.45, 7) is 5.06. The fourth-order valence-corrected chi connectivity index (χ4v) is 0.897. The van der Waals surface area contributed by atoms with E-state index in [1.165, 1.54) is 18.4 Å². The van der Waals surface area contributed by atoms with Crippen LogP contribution in [0.25, 0.3) is 0 Å². The molecular formula is C8H17N. The largest absolute Gasteiger partial charge is 0.327 e. The molecule has 0 bridgehead atoms. The predicted octanol–water partition coefficient (Wildman–Crippen LogP) is 2.08. The lowest BCUT2D eigenvalue weighted by molar-refractivity contribution is 0.865. The Labute approximate surface area is 57.9 Å². The van der Waals surface area contributed by atoms with E-state index in [-0.39, 0.29) is 0 Å². The van der Waals surface area contributed by atoms with Gasteiger partial charge < -0.3 is 5.73 Å². The Morgan fingerprint density at radius 1 is 1.44 bits per heavy atom. The van der Waals surface area contributed by atoms with E-state index < -0.39 is 0 Å². The highest BCUT2D eigenvalue weighted by molar-refractivity contribution is 5.02. The fourth-order valence-electron chi connectivity index (χ4n) is 0.897. The van der Waals surface area contributed by atoms with Crippen molar-refractivity contribution in [1.82, 2.24) is 0 Å². The maximum atomic E-state index is 5.48. The zero-order valence-corrected chi connectivity index (χ0v) is 6.48. The summed E-state index contributed by atoms with van der Waals surface area (Å²) in [5, 5.41) is 0. The van der Waals surface area contributed by atoms with Crippen molar-refractivity contribution in [3.8, 4) is 0 Å². The third-order valence-electron chi connectivity index (χ3n) is 1.33. The molecule has 2 N–H and O–H groups in total. The molecule has 0 unspecified atom stereocenters. The monoisotopic (exact) mass is 127 g/mol. The summed E-state index contributed by atoms with van der Waals surface area (Å²) in [6, 6.07) is 0. The molecule has 0 rings (SSSR count). The van der Waals surface area contributed by atoms with Crippen molar-refractivity contribution in [3.63, 3.8) is 0 Å². The first-order chi connectivity index (χ1) is 4.35. The van der Waals surface area contributed by atoms with Gasteiger partial charge in [0.05, 0.1) is 0 Å². The molecule has 0 spiro atoms. The van der Waals surface area contributed by atoms with Crippen LogP contribution in [0.1, 0.15) is 33.1 Å². The van der Waals surface area contributed by atoms with E-state index in [1.54, 1.807) is 0 Å². The van der Waals surface area contributed by atoms with Gasteiger partial charge in [-0.3, -0.25) is 0 Å². The molecule has 0 aromatic rings. The molecule has 54 valence electrons. The summed E-state index contributed by atoms with van der Waals surface area (Å²) in [4.78, 5) is 0. The van der Waals surface area contributed by atoms with Gasteiger partial charge >= 0.3 is 0 Å². The topological polar surface area (TPSA) is 26.0 Å². The molecular weight excluding hydrogens is 110 g/mol. The third-order valence-corrected chi connectivity index (χ3v) is 1.33. The van der Waals surface area contributed by atoms with Crippen LogP contribution >= 0.6 is 0 Å². The third kappa shape index (κ3) is 4.22. The van der Waals surface area contributed by atoms with E-state index >= 15 is 0 Å². The average Bonchev–Trinajstić information content (AvgIpc) is 1.88. The van der Waals surface area contributed by atoms with Gasteiger partial charge in [0.25, 0.3) is 0 Å². The normalized spacial score (nSPS) is 12.1. The minimum atomic E-state index is 0.738. The van der Waals surface area contributed by atoms with Crippen molar-refractivity contribution in [2.45, 2.75) is 33.1 Å². The maximum absolute atomic E-state index is 5.48. The number of nitrogens with two attached hydrogens (primary N) is 1. The van der Waals surface area contributed by atoms with E-state index in [4.69, 9.17) is 5.73 Å². The SMILES string of the molecule is CC/C=C(/CN)CCC. The molecule has 0 aromatic heterocycles. The Hall–Kier alpha value is -0.300. The van der Waals surface area contributed by atoms with Crippen LogP contribution in [0.5, 0.6) is 0 Å². The lowest BCUT2D eigenvalue weighted by atomic mass is 10.1. The standard InChI is InChI=1S/C8H17N/c1-3-5-8(7-9)6-4-2/h5H,3-4,6-7,9H2,1-2H3/b8-5+. The molecule has 1 nitrogen and oxygen atoms in total. The van der Waals surface area contributed by atoms with E-state index in [1.807, 2.05) is 0 Å². The van der Waals surface area contributed by atoms with Crippen molar-refractivity contribution < 1.29 is 0 Å². The predicted molar refractivity (Wildman–Crippen MR) is 42.3 cm³/mol. The van der Waals surface area contributed by atoms with Crippen LogP contribution in [-0.2, 0) is 0 Å². The first kappa shape index (κ1) is 8.70. The molecule has 0 fully saturated rings. The summed E-state index contributed by atoms with van der Waals surface area (Å²) < 4.78 is 0. The Morgan fingerprint density at radius 2 is 2.11 bits per heavy atom. The molecule has 0 amide bonds. The van der Waals surface area contributed by atoms with Crippen LogP contribution in [0, 0.1) is 0 Å². The smallest absolute Gasteiger partial charge is 0.0136 e. The van der Waals surface area contributed by atoms with Gasteiger partial charge in [0, 0.05) is 6.54 Å². The van der Waals surface area contributed by atoms with E-state index in [2.05, 4.69) is 19.9 Å². The van der Waals surface area contributed by atoms with Crippen LogP contribution in [0.15, 0.2) is 11.6 Å². The van der Waals surface area contributed by atoms with Gasteiger partial charge in [0.2, 0.25) is 0 Å². The zero-order chi connectivity index (χ0) is 7.11. The van der Waals surface area contributed by atoms with Crippen LogP contribution < -0.4 is 5.73 Å². The number of hydrogen-bond donors (Lipinski definition) is 1. The van der Waals surface area contributed by atoms with Crippen LogP contribution in [0.2, 0.25) is 0 Å². The Morgan fingerprint density at radius 3 is 2.44 bits per heavy atom. The minimum absolute atomic E-state index is 0.738. The molecule has 1 heteroatoms. The Balaban J connectivity index is 3.53. The van der Waals surface area contributed by atoms with Crippen molar-refractivity contribution in [2.24, 2.45) is 5.73 Å². The highest BCUT2D eigenvalue weighted by atomic mass is 14.5. The van der Waals surface area contributed by atoms with Crippen molar-refractivity contribution >= 4 is 0 Å². The summed E-state index contributed by atoms with van der Waals surface area (Å²) in [5.74, 6) is 0. The maximum Gasteiger partial charge on any atom is 0.0136 e. The van der Waals surface area contributed by atoms with Crippen LogP contribution in [-0.4, -0.2) is 6.54 Å². The van der Waals surface area contributed by atoms with Gasteiger partial charge in [-0.1, -0.05) is 31.9 Å². The van der Waals surface area contributed by atoms with Gasteiger partial charge in [-0.2, -0.15) is 0 Å². The second-order valence-corrected chi connectivity index (χ2v) is 2.22. The molecule has 0 aliphatic rings. The van der Waals surface area contributed by atoms with Crippen molar-refractivity contribution in [3.05, 3.63) is 11.6 Å². The molecule has 0 aliphatic heterocycles. The molecule has 0 saturated carbocycles.